The van der Waals surface area contributed by atoms with E-state index in [1.807, 2.05) is 6.07 Å². The largest absolute Gasteiger partial charge is 0.464 e. The normalized spacial score (nSPS) is 9.81. The number of esters is 1. The minimum Gasteiger partial charge on any atom is -0.464 e. The molecule has 0 bridgehead atoms. The van der Waals surface area contributed by atoms with Crippen LogP contribution in [0, 0.1) is 0 Å². The highest BCUT2D eigenvalue weighted by Crippen LogP contribution is 2.14. The van der Waals surface area contributed by atoms with Crippen LogP contribution in [-0.2, 0) is 4.74 Å². The van der Waals surface area contributed by atoms with Crippen molar-refractivity contribution in [1.82, 2.24) is 15.0 Å². The summed E-state index contributed by atoms with van der Waals surface area (Å²) in [6, 6.07) is 3.64. The lowest BCUT2D eigenvalue weighted by Crippen LogP contribution is -2.05. The highest BCUT2D eigenvalue weighted by Gasteiger charge is 2.09. The van der Waals surface area contributed by atoms with Crippen LogP contribution in [0.15, 0.2) is 36.9 Å². The Morgan fingerprint density at radius 1 is 1.25 bits per heavy atom. The summed E-state index contributed by atoms with van der Waals surface area (Å²) in [6.45, 7) is 0. The lowest BCUT2D eigenvalue weighted by molar-refractivity contribution is 0.0593. The van der Waals surface area contributed by atoms with Gasteiger partial charge in [-0.2, -0.15) is 0 Å². The number of nitrogens with zero attached hydrogens (tertiary/aromatic N) is 3. The van der Waals surface area contributed by atoms with E-state index in [2.05, 4.69) is 19.7 Å². The van der Waals surface area contributed by atoms with Crippen molar-refractivity contribution in [1.29, 1.82) is 0 Å². The van der Waals surface area contributed by atoms with Crippen LogP contribution in [0.5, 0.6) is 0 Å². The maximum Gasteiger partial charge on any atom is 0.358 e. The average molecular weight is 215 g/mol. The molecule has 0 radical (unpaired) electrons. The van der Waals surface area contributed by atoms with Crippen LogP contribution < -0.4 is 0 Å². The van der Waals surface area contributed by atoms with E-state index >= 15 is 0 Å². The van der Waals surface area contributed by atoms with Crippen molar-refractivity contribution in [2.24, 2.45) is 0 Å². The molecule has 5 heteroatoms. The van der Waals surface area contributed by atoms with Crippen LogP contribution in [0.3, 0.4) is 0 Å². The molecular weight excluding hydrogens is 206 g/mol. The lowest BCUT2D eigenvalue weighted by atomic mass is 10.2. The number of carbonyl (C=O) groups excluding carboxylic acids is 1. The molecule has 0 N–H and O–H groups in total. The summed E-state index contributed by atoms with van der Waals surface area (Å²) in [5.41, 5.74) is 1.58. The number of pyridine rings is 1. The molecule has 2 aromatic rings. The van der Waals surface area contributed by atoms with Gasteiger partial charge in [0.1, 0.15) is 0 Å². The molecule has 2 heterocycles. The second-order valence-electron chi connectivity index (χ2n) is 3.02. The zero-order valence-electron chi connectivity index (χ0n) is 8.62. The van der Waals surface area contributed by atoms with E-state index in [1.165, 1.54) is 13.3 Å². The summed E-state index contributed by atoms with van der Waals surface area (Å²) >= 11 is 0. The van der Waals surface area contributed by atoms with E-state index < -0.39 is 5.97 Å². The summed E-state index contributed by atoms with van der Waals surface area (Å²) in [5, 5.41) is 0. The molecule has 0 fully saturated rings. The Morgan fingerprint density at radius 3 is 2.81 bits per heavy atom. The third kappa shape index (κ3) is 2.03. The van der Waals surface area contributed by atoms with Gasteiger partial charge in [0, 0.05) is 18.0 Å². The van der Waals surface area contributed by atoms with Crippen molar-refractivity contribution < 1.29 is 9.53 Å². The van der Waals surface area contributed by atoms with Gasteiger partial charge in [0.25, 0.3) is 0 Å². The van der Waals surface area contributed by atoms with Crippen LogP contribution in [0.1, 0.15) is 10.5 Å². The third-order valence-corrected chi connectivity index (χ3v) is 1.99. The van der Waals surface area contributed by atoms with Crippen LogP contribution in [0.25, 0.3) is 11.3 Å². The highest BCUT2D eigenvalue weighted by atomic mass is 16.5. The molecule has 0 aromatic carbocycles. The maximum atomic E-state index is 11.3. The lowest BCUT2D eigenvalue weighted by Gasteiger charge is -2.01. The van der Waals surface area contributed by atoms with Crippen LogP contribution in [0.2, 0.25) is 0 Å². The fraction of sp³-hybridized carbons (Fsp3) is 0.0909. The van der Waals surface area contributed by atoms with Gasteiger partial charge < -0.3 is 4.74 Å². The summed E-state index contributed by atoms with van der Waals surface area (Å²) < 4.78 is 4.57. The molecule has 2 rings (SSSR count). The maximum absolute atomic E-state index is 11.3. The predicted molar refractivity (Wildman–Crippen MR) is 56.6 cm³/mol. The Hall–Kier alpha value is -2.30. The zero-order valence-corrected chi connectivity index (χ0v) is 8.62. The van der Waals surface area contributed by atoms with Crippen molar-refractivity contribution >= 4 is 5.97 Å². The standard InChI is InChI=1S/C11H9N3O2/c1-16-11(15)10-7-13-6-9(14-10)8-3-2-4-12-5-8/h2-7H,1H3. The van der Waals surface area contributed by atoms with Gasteiger partial charge in [0.2, 0.25) is 0 Å². The predicted octanol–water partition coefficient (Wildman–Crippen LogP) is 1.33. The number of ether oxygens (including phenoxy) is 1. The first-order valence-electron chi connectivity index (χ1n) is 4.62. The van der Waals surface area contributed by atoms with Crippen molar-refractivity contribution in [3.8, 4) is 11.3 Å². The number of rotatable bonds is 2. The summed E-state index contributed by atoms with van der Waals surface area (Å²) in [7, 11) is 1.31. The monoisotopic (exact) mass is 215 g/mol. The van der Waals surface area contributed by atoms with Gasteiger partial charge in [-0.05, 0) is 12.1 Å². The molecular formula is C11H9N3O2. The van der Waals surface area contributed by atoms with Crippen LogP contribution in [-0.4, -0.2) is 28.0 Å². The van der Waals surface area contributed by atoms with Gasteiger partial charge in [-0.15, -0.1) is 0 Å². The second kappa shape index (κ2) is 4.48. The molecule has 16 heavy (non-hydrogen) atoms. The molecule has 0 aliphatic carbocycles. The molecule has 5 nitrogen and oxygen atoms in total. The third-order valence-electron chi connectivity index (χ3n) is 1.99. The number of methoxy groups -OCH3 is 1. The Morgan fingerprint density at radius 2 is 2.12 bits per heavy atom. The molecule has 2 aromatic heterocycles. The minimum atomic E-state index is -0.502. The van der Waals surface area contributed by atoms with Crippen molar-refractivity contribution in [2.75, 3.05) is 7.11 Å². The molecule has 0 atom stereocenters. The second-order valence-corrected chi connectivity index (χ2v) is 3.02. The first-order chi connectivity index (χ1) is 7.81. The number of carbonyl (C=O) groups is 1. The minimum absolute atomic E-state index is 0.184. The van der Waals surface area contributed by atoms with Gasteiger partial charge in [0.15, 0.2) is 5.69 Å². The van der Waals surface area contributed by atoms with Gasteiger partial charge in [-0.25, -0.2) is 9.78 Å². The van der Waals surface area contributed by atoms with Crippen molar-refractivity contribution in [3.05, 3.63) is 42.6 Å². The van der Waals surface area contributed by atoms with E-state index in [1.54, 1.807) is 24.7 Å². The van der Waals surface area contributed by atoms with Gasteiger partial charge in [0.05, 0.1) is 25.2 Å². The van der Waals surface area contributed by atoms with Gasteiger partial charge in [-0.1, -0.05) is 0 Å². The van der Waals surface area contributed by atoms with Crippen LogP contribution in [0.4, 0.5) is 0 Å². The summed E-state index contributed by atoms with van der Waals surface area (Å²) in [6.07, 6.45) is 6.27. The van der Waals surface area contributed by atoms with Crippen molar-refractivity contribution in [2.45, 2.75) is 0 Å². The fourth-order valence-corrected chi connectivity index (χ4v) is 1.22. The number of aromatic nitrogens is 3. The first kappa shape index (κ1) is 10.2. The van der Waals surface area contributed by atoms with Crippen LogP contribution >= 0.6 is 0 Å². The van der Waals surface area contributed by atoms with Gasteiger partial charge in [-0.3, -0.25) is 9.97 Å². The number of hydrogen-bond acceptors (Lipinski definition) is 5. The smallest absolute Gasteiger partial charge is 0.358 e. The molecule has 0 amide bonds. The molecule has 0 spiro atoms. The highest BCUT2D eigenvalue weighted by molar-refractivity contribution is 5.87. The Kier molecular flexibility index (Phi) is 2.86. The number of hydrogen-bond donors (Lipinski definition) is 0. The summed E-state index contributed by atoms with van der Waals surface area (Å²) in [4.78, 5) is 23.3. The Balaban J connectivity index is 2.40. The van der Waals surface area contributed by atoms with E-state index in [0.717, 1.165) is 5.56 Å². The quantitative estimate of drug-likeness (QED) is 0.707. The Bertz CT molecular complexity index is 500. The molecule has 0 saturated heterocycles. The van der Waals surface area contributed by atoms with Crippen molar-refractivity contribution in [3.63, 3.8) is 0 Å². The molecule has 0 saturated carbocycles. The molecule has 0 aliphatic heterocycles. The van der Waals surface area contributed by atoms with Gasteiger partial charge >= 0.3 is 5.97 Å². The molecule has 0 aliphatic rings. The van der Waals surface area contributed by atoms with E-state index in [9.17, 15) is 4.79 Å². The molecule has 0 unspecified atom stereocenters. The Labute approximate surface area is 92.2 Å². The SMILES string of the molecule is COC(=O)c1cncc(-c2cccnc2)n1. The van der Waals surface area contributed by atoms with E-state index in [-0.39, 0.29) is 5.69 Å². The topological polar surface area (TPSA) is 65.0 Å². The fourth-order valence-electron chi connectivity index (χ4n) is 1.22. The van der Waals surface area contributed by atoms with E-state index in [4.69, 9.17) is 0 Å². The molecule has 80 valence electrons. The van der Waals surface area contributed by atoms with E-state index in [0.29, 0.717) is 5.69 Å². The zero-order chi connectivity index (χ0) is 11.4. The summed E-state index contributed by atoms with van der Waals surface area (Å²) in [5.74, 6) is -0.502. The first-order valence-corrected chi connectivity index (χ1v) is 4.62. The average Bonchev–Trinajstić information content (AvgIpc) is 2.39.